The van der Waals surface area contributed by atoms with Crippen LogP contribution in [0.2, 0.25) is 0 Å². The van der Waals surface area contributed by atoms with Gasteiger partial charge in [0.25, 0.3) is 5.88 Å². The highest BCUT2D eigenvalue weighted by Gasteiger charge is 2.16. The number of anilines is 1. The topological polar surface area (TPSA) is 101 Å². The van der Waals surface area contributed by atoms with Crippen molar-refractivity contribution < 1.29 is 13.9 Å². The molecule has 0 atom stereocenters. The number of aromatic nitrogens is 4. The van der Waals surface area contributed by atoms with E-state index >= 15 is 0 Å². The summed E-state index contributed by atoms with van der Waals surface area (Å²) in [6.45, 7) is 0. The third kappa shape index (κ3) is 2.44. The molecule has 0 saturated carbocycles. The number of methoxy groups -OCH3 is 2. The molecule has 0 radical (unpaired) electrons. The van der Waals surface area contributed by atoms with Gasteiger partial charge in [0, 0.05) is 23.5 Å². The lowest BCUT2D eigenvalue weighted by Crippen LogP contribution is -1.96. The van der Waals surface area contributed by atoms with Crippen LogP contribution in [-0.2, 0) is 0 Å². The molecule has 4 heterocycles. The number of hydrogen-bond donors (Lipinski definition) is 1. The van der Waals surface area contributed by atoms with Gasteiger partial charge in [-0.25, -0.2) is 14.5 Å². The quantitative estimate of drug-likeness (QED) is 0.611. The number of ether oxygens (including phenoxy) is 2. The fourth-order valence-corrected chi connectivity index (χ4v) is 2.66. The Morgan fingerprint density at radius 2 is 2.04 bits per heavy atom. The monoisotopic (exact) mass is 337 g/mol. The van der Waals surface area contributed by atoms with Crippen molar-refractivity contribution in [3.63, 3.8) is 0 Å². The summed E-state index contributed by atoms with van der Waals surface area (Å²) in [6.07, 6.45) is 6.67. The molecule has 0 fully saturated rings. The van der Waals surface area contributed by atoms with Crippen LogP contribution in [0.5, 0.6) is 11.6 Å². The van der Waals surface area contributed by atoms with Gasteiger partial charge in [-0.2, -0.15) is 0 Å². The van der Waals surface area contributed by atoms with Crippen LogP contribution in [0.15, 0.2) is 47.5 Å². The molecule has 8 heteroatoms. The van der Waals surface area contributed by atoms with E-state index in [9.17, 15) is 0 Å². The third-order valence-corrected chi connectivity index (χ3v) is 3.85. The smallest absolute Gasteiger partial charge is 0.256 e. The molecule has 4 rings (SSSR count). The van der Waals surface area contributed by atoms with E-state index in [0.29, 0.717) is 28.8 Å². The minimum Gasteiger partial charge on any atom is -0.491 e. The fourth-order valence-electron chi connectivity index (χ4n) is 2.66. The number of nitrogen functional groups attached to an aromatic ring is 1. The average Bonchev–Trinajstić information content (AvgIpc) is 3.26. The SMILES string of the molecule is COc1cc(-c2ccn3nc(N)c(-c4ccoc4)c3n2)cnc1OC. The van der Waals surface area contributed by atoms with Gasteiger partial charge in [-0.3, -0.25) is 0 Å². The second-order valence-electron chi connectivity index (χ2n) is 5.29. The van der Waals surface area contributed by atoms with E-state index in [0.717, 1.165) is 16.7 Å². The fraction of sp³-hybridized carbons (Fsp3) is 0.118. The van der Waals surface area contributed by atoms with Crippen LogP contribution >= 0.6 is 0 Å². The molecule has 4 aromatic rings. The first kappa shape index (κ1) is 15.0. The Labute approximate surface area is 142 Å². The molecule has 4 aromatic heterocycles. The molecule has 0 aliphatic heterocycles. The summed E-state index contributed by atoms with van der Waals surface area (Å²) in [5.74, 6) is 1.33. The van der Waals surface area contributed by atoms with Gasteiger partial charge in [-0.1, -0.05) is 0 Å². The van der Waals surface area contributed by atoms with Gasteiger partial charge in [0.2, 0.25) is 0 Å². The van der Waals surface area contributed by atoms with Gasteiger partial charge in [-0.05, 0) is 18.2 Å². The lowest BCUT2D eigenvalue weighted by atomic mass is 10.1. The van der Waals surface area contributed by atoms with E-state index in [2.05, 4.69) is 10.1 Å². The van der Waals surface area contributed by atoms with Crippen molar-refractivity contribution in [3.05, 3.63) is 43.1 Å². The molecule has 0 bridgehead atoms. The van der Waals surface area contributed by atoms with Crippen LogP contribution in [0.1, 0.15) is 0 Å². The number of furan rings is 1. The summed E-state index contributed by atoms with van der Waals surface area (Å²) >= 11 is 0. The predicted molar refractivity (Wildman–Crippen MR) is 91.4 cm³/mol. The van der Waals surface area contributed by atoms with Gasteiger partial charge < -0.3 is 19.6 Å². The zero-order valence-electron chi connectivity index (χ0n) is 13.6. The molecule has 2 N–H and O–H groups in total. The molecule has 0 spiro atoms. The first-order valence-corrected chi connectivity index (χ1v) is 7.47. The number of pyridine rings is 1. The maximum Gasteiger partial charge on any atom is 0.256 e. The lowest BCUT2D eigenvalue weighted by Gasteiger charge is -2.08. The highest BCUT2D eigenvalue weighted by molar-refractivity contribution is 5.86. The second kappa shape index (κ2) is 5.82. The molecule has 25 heavy (non-hydrogen) atoms. The maximum absolute atomic E-state index is 6.05. The van der Waals surface area contributed by atoms with Gasteiger partial charge >= 0.3 is 0 Å². The number of nitrogens with two attached hydrogens (primary N) is 1. The van der Waals surface area contributed by atoms with E-state index in [4.69, 9.17) is 24.6 Å². The Morgan fingerprint density at radius 3 is 2.76 bits per heavy atom. The molecule has 0 aromatic carbocycles. The van der Waals surface area contributed by atoms with Crippen molar-refractivity contribution in [1.29, 1.82) is 0 Å². The Hall–Kier alpha value is -3.55. The van der Waals surface area contributed by atoms with Gasteiger partial charge in [-0.15, -0.1) is 5.10 Å². The summed E-state index contributed by atoms with van der Waals surface area (Å²) in [4.78, 5) is 8.95. The average molecular weight is 337 g/mol. The summed E-state index contributed by atoms with van der Waals surface area (Å²) in [5, 5.41) is 4.29. The summed E-state index contributed by atoms with van der Waals surface area (Å²) in [6, 6.07) is 5.48. The van der Waals surface area contributed by atoms with Crippen molar-refractivity contribution in [2.24, 2.45) is 0 Å². The van der Waals surface area contributed by atoms with Crippen LogP contribution in [0.4, 0.5) is 5.82 Å². The standard InChI is InChI=1S/C17H15N5O3/c1-23-13-7-11(8-19-17(13)24-2)12-3-5-22-16(20-12)14(15(18)21-22)10-4-6-25-9-10/h3-9H,1-2H3,(H2,18,21). The van der Waals surface area contributed by atoms with Crippen LogP contribution < -0.4 is 15.2 Å². The van der Waals surface area contributed by atoms with Gasteiger partial charge in [0.05, 0.1) is 38.0 Å². The molecular formula is C17H15N5O3. The van der Waals surface area contributed by atoms with Crippen LogP contribution in [0.3, 0.4) is 0 Å². The Balaban J connectivity index is 1.88. The van der Waals surface area contributed by atoms with E-state index < -0.39 is 0 Å². The summed E-state index contributed by atoms with van der Waals surface area (Å²) in [5.41, 5.74) is 9.74. The normalized spacial score (nSPS) is 11.0. The predicted octanol–water partition coefficient (Wildman–Crippen LogP) is 2.65. The zero-order chi connectivity index (χ0) is 17.4. The Morgan fingerprint density at radius 1 is 1.16 bits per heavy atom. The largest absolute Gasteiger partial charge is 0.491 e. The number of nitrogens with zero attached hydrogens (tertiary/aromatic N) is 4. The molecule has 126 valence electrons. The third-order valence-electron chi connectivity index (χ3n) is 3.85. The molecule has 8 nitrogen and oxygen atoms in total. The highest BCUT2D eigenvalue weighted by Crippen LogP contribution is 2.32. The molecule has 0 aliphatic rings. The van der Waals surface area contributed by atoms with E-state index in [-0.39, 0.29) is 0 Å². The molecule has 0 aliphatic carbocycles. The second-order valence-corrected chi connectivity index (χ2v) is 5.29. The maximum atomic E-state index is 6.05. The van der Waals surface area contributed by atoms with E-state index in [1.165, 1.54) is 0 Å². The number of rotatable bonds is 4. The Kier molecular flexibility index (Phi) is 3.50. The van der Waals surface area contributed by atoms with Crippen LogP contribution in [0.25, 0.3) is 28.0 Å². The van der Waals surface area contributed by atoms with Crippen molar-refractivity contribution in [3.8, 4) is 34.0 Å². The van der Waals surface area contributed by atoms with E-state index in [1.807, 2.05) is 18.2 Å². The lowest BCUT2D eigenvalue weighted by molar-refractivity contribution is 0.343. The molecule has 0 unspecified atom stereocenters. The van der Waals surface area contributed by atoms with Crippen LogP contribution in [0, 0.1) is 0 Å². The number of fused-ring (bicyclic) bond motifs is 1. The van der Waals surface area contributed by atoms with Crippen molar-refractivity contribution in [1.82, 2.24) is 19.6 Å². The summed E-state index contributed by atoms with van der Waals surface area (Å²) < 4.78 is 17.3. The number of hydrogen-bond acceptors (Lipinski definition) is 7. The van der Waals surface area contributed by atoms with Gasteiger partial charge in [0.15, 0.2) is 17.2 Å². The zero-order valence-corrected chi connectivity index (χ0v) is 13.6. The first-order chi connectivity index (χ1) is 12.2. The minimum absolute atomic E-state index is 0.386. The summed E-state index contributed by atoms with van der Waals surface area (Å²) in [7, 11) is 3.11. The Bertz CT molecular complexity index is 1040. The van der Waals surface area contributed by atoms with Crippen molar-refractivity contribution >= 4 is 11.5 Å². The van der Waals surface area contributed by atoms with Crippen molar-refractivity contribution in [2.45, 2.75) is 0 Å². The highest BCUT2D eigenvalue weighted by atomic mass is 16.5. The van der Waals surface area contributed by atoms with E-state index in [1.54, 1.807) is 43.7 Å². The minimum atomic E-state index is 0.386. The first-order valence-electron chi connectivity index (χ1n) is 7.47. The van der Waals surface area contributed by atoms with Crippen LogP contribution in [-0.4, -0.2) is 33.8 Å². The van der Waals surface area contributed by atoms with Gasteiger partial charge in [0.1, 0.15) is 0 Å². The molecule has 0 saturated heterocycles. The van der Waals surface area contributed by atoms with Crippen molar-refractivity contribution in [2.75, 3.05) is 20.0 Å². The molecule has 0 amide bonds. The molecular weight excluding hydrogens is 322 g/mol.